The first-order chi connectivity index (χ1) is 12.2. The van der Waals surface area contributed by atoms with Crippen LogP contribution in [0, 0.1) is 0 Å². The second-order valence-corrected chi connectivity index (χ2v) is 5.79. The number of nitrogens with two attached hydrogens (primary N) is 1. The van der Waals surface area contributed by atoms with Gasteiger partial charge >= 0.3 is 0 Å². The Morgan fingerprint density at radius 2 is 1.77 bits per heavy atom. The van der Waals surface area contributed by atoms with E-state index in [0.717, 1.165) is 18.5 Å². The van der Waals surface area contributed by atoms with Gasteiger partial charge in [0.15, 0.2) is 17.5 Å². The lowest BCUT2D eigenvalue weighted by atomic mass is 9.97. The Hall–Kier alpha value is -1.96. The van der Waals surface area contributed by atoms with E-state index in [-0.39, 0.29) is 24.0 Å². The molecule has 26 heavy (non-hydrogen) atoms. The zero-order valence-corrected chi connectivity index (χ0v) is 17.9. The minimum atomic E-state index is 0. The maximum atomic E-state index is 6.01. The molecule has 0 aromatic heterocycles. The number of guanidine groups is 1. The normalized spacial score (nSPS) is 12.0. The van der Waals surface area contributed by atoms with Crippen molar-refractivity contribution in [1.29, 1.82) is 0 Å². The van der Waals surface area contributed by atoms with E-state index in [1.165, 1.54) is 5.56 Å². The van der Waals surface area contributed by atoms with Gasteiger partial charge in [0, 0.05) is 12.5 Å². The Bertz CT molecular complexity index is 693. The molecular formula is C20H28IN3O2. The maximum absolute atomic E-state index is 6.01. The van der Waals surface area contributed by atoms with Gasteiger partial charge in [-0.25, -0.2) is 4.99 Å². The summed E-state index contributed by atoms with van der Waals surface area (Å²) < 4.78 is 10.5. The quantitative estimate of drug-likeness (QED) is 0.350. The Kier molecular flexibility index (Phi) is 9.87. The summed E-state index contributed by atoms with van der Waals surface area (Å²) in [5.74, 6) is 2.26. The van der Waals surface area contributed by atoms with E-state index in [9.17, 15) is 0 Å². The van der Waals surface area contributed by atoms with Crippen LogP contribution < -0.4 is 20.5 Å². The Balaban J connectivity index is 0.00000338. The summed E-state index contributed by atoms with van der Waals surface area (Å²) in [5, 5.41) is 3.23. The smallest absolute Gasteiger partial charge is 0.188 e. The minimum Gasteiger partial charge on any atom is -0.493 e. The van der Waals surface area contributed by atoms with E-state index in [1.807, 2.05) is 24.3 Å². The van der Waals surface area contributed by atoms with Gasteiger partial charge in [-0.1, -0.05) is 43.3 Å². The summed E-state index contributed by atoms with van der Waals surface area (Å²) >= 11 is 0. The monoisotopic (exact) mass is 469 g/mol. The van der Waals surface area contributed by atoms with Gasteiger partial charge in [0.25, 0.3) is 0 Å². The number of hydrogen-bond acceptors (Lipinski definition) is 3. The van der Waals surface area contributed by atoms with Crippen molar-refractivity contribution in [2.24, 2.45) is 10.7 Å². The van der Waals surface area contributed by atoms with Gasteiger partial charge in [0.05, 0.1) is 20.8 Å². The zero-order valence-electron chi connectivity index (χ0n) is 15.6. The minimum absolute atomic E-state index is 0. The van der Waals surface area contributed by atoms with Crippen molar-refractivity contribution in [3.63, 3.8) is 0 Å². The Morgan fingerprint density at radius 1 is 1.08 bits per heavy atom. The van der Waals surface area contributed by atoms with Crippen LogP contribution in [0.15, 0.2) is 53.5 Å². The summed E-state index contributed by atoms with van der Waals surface area (Å²) in [6, 6.07) is 16.2. The highest BCUT2D eigenvalue weighted by Crippen LogP contribution is 2.27. The number of rotatable bonds is 8. The fourth-order valence-electron chi connectivity index (χ4n) is 2.66. The molecule has 0 aliphatic carbocycles. The summed E-state index contributed by atoms with van der Waals surface area (Å²) in [4.78, 5) is 4.41. The average Bonchev–Trinajstić information content (AvgIpc) is 2.67. The highest BCUT2D eigenvalue weighted by atomic mass is 127. The van der Waals surface area contributed by atoms with E-state index < -0.39 is 0 Å². The van der Waals surface area contributed by atoms with E-state index >= 15 is 0 Å². The molecule has 0 aliphatic rings. The number of halogens is 1. The molecule has 142 valence electrons. The first-order valence-electron chi connectivity index (χ1n) is 8.47. The molecule has 3 N–H and O–H groups in total. The molecule has 2 rings (SSSR count). The molecule has 0 saturated carbocycles. The van der Waals surface area contributed by atoms with Gasteiger partial charge in [-0.3, -0.25) is 0 Å². The van der Waals surface area contributed by atoms with Crippen molar-refractivity contribution in [2.45, 2.75) is 25.8 Å². The highest BCUT2D eigenvalue weighted by Gasteiger charge is 2.09. The fourth-order valence-corrected chi connectivity index (χ4v) is 2.66. The molecular weight excluding hydrogens is 441 g/mol. The van der Waals surface area contributed by atoms with Crippen molar-refractivity contribution in [3.05, 3.63) is 59.7 Å². The molecule has 1 atom stereocenters. The van der Waals surface area contributed by atoms with Crippen molar-refractivity contribution in [1.82, 2.24) is 5.32 Å². The third-order valence-corrected chi connectivity index (χ3v) is 4.17. The second-order valence-electron chi connectivity index (χ2n) is 5.79. The molecule has 0 fully saturated rings. The van der Waals surface area contributed by atoms with E-state index in [1.54, 1.807) is 14.2 Å². The van der Waals surface area contributed by atoms with Gasteiger partial charge in [-0.15, -0.1) is 24.0 Å². The van der Waals surface area contributed by atoms with Crippen LogP contribution in [-0.4, -0.2) is 26.7 Å². The second kappa shape index (κ2) is 11.6. The summed E-state index contributed by atoms with van der Waals surface area (Å²) in [5.41, 5.74) is 8.33. The highest BCUT2D eigenvalue weighted by molar-refractivity contribution is 14.0. The third kappa shape index (κ3) is 6.40. The van der Waals surface area contributed by atoms with Crippen LogP contribution in [0.4, 0.5) is 0 Å². The van der Waals surface area contributed by atoms with Crippen LogP contribution in [0.25, 0.3) is 0 Å². The molecule has 2 aromatic rings. The lowest BCUT2D eigenvalue weighted by molar-refractivity contribution is 0.354. The predicted molar refractivity (Wildman–Crippen MR) is 118 cm³/mol. The zero-order chi connectivity index (χ0) is 18.1. The number of aliphatic imine (C=N–C) groups is 1. The van der Waals surface area contributed by atoms with Gasteiger partial charge in [-0.2, -0.15) is 0 Å². The maximum Gasteiger partial charge on any atom is 0.188 e. The standard InChI is InChI=1S/C20H27N3O2.HI/c1-4-16(17-8-6-5-7-9-17)14-23-20(21)22-13-15-10-11-18(24-2)19(12-15)25-3;/h5-12,16H,4,13-14H2,1-3H3,(H3,21,22,23);1H. The molecule has 0 bridgehead atoms. The van der Waals surface area contributed by atoms with Crippen molar-refractivity contribution < 1.29 is 9.47 Å². The topological polar surface area (TPSA) is 68.9 Å². The number of nitrogens with one attached hydrogen (secondary N) is 1. The van der Waals surface area contributed by atoms with Crippen LogP contribution in [0.5, 0.6) is 11.5 Å². The lowest BCUT2D eigenvalue weighted by Crippen LogP contribution is -2.34. The van der Waals surface area contributed by atoms with E-state index in [2.05, 4.69) is 41.5 Å². The van der Waals surface area contributed by atoms with E-state index in [4.69, 9.17) is 15.2 Å². The lowest BCUT2D eigenvalue weighted by Gasteiger charge is -2.16. The SMILES string of the molecule is CCC(CNC(N)=NCc1ccc(OC)c(OC)c1)c1ccccc1.I. The molecule has 5 nitrogen and oxygen atoms in total. The molecule has 2 aromatic carbocycles. The largest absolute Gasteiger partial charge is 0.493 e. The van der Waals surface area contributed by atoms with Crippen molar-refractivity contribution in [3.8, 4) is 11.5 Å². The molecule has 0 amide bonds. The number of methoxy groups -OCH3 is 2. The van der Waals surface area contributed by atoms with Crippen LogP contribution in [0.1, 0.15) is 30.4 Å². The molecule has 0 radical (unpaired) electrons. The summed E-state index contributed by atoms with van der Waals surface area (Å²) in [6.07, 6.45) is 1.04. The van der Waals surface area contributed by atoms with Crippen LogP contribution >= 0.6 is 24.0 Å². The van der Waals surface area contributed by atoms with Gasteiger partial charge < -0.3 is 20.5 Å². The number of benzene rings is 2. The molecule has 6 heteroatoms. The Morgan fingerprint density at radius 3 is 2.38 bits per heavy atom. The van der Waals surface area contributed by atoms with Crippen LogP contribution in [0.2, 0.25) is 0 Å². The number of nitrogens with zero attached hydrogens (tertiary/aromatic N) is 1. The number of hydrogen-bond donors (Lipinski definition) is 2. The summed E-state index contributed by atoms with van der Waals surface area (Å²) in [7, 11) is 3.24. The fraction of sp³-hybridized carbons (Fsp3) is 0.350. The first-order valence-corrected chi connectivity index (χ1v) is 8.47. The molecule has 0 spiro atoms. The first kappa shape index (κ1) is 22.1. The van der Waals surface area contributed by atoms with Crippen molar-refractivity contribution in [2.75, 3.05) is 20.8 Å². The molecule has 1 unspecified atom stereocenters. The molecule has 0 heterocycles. The predicted octanol–water partition coefficient (Wildman–Crippen LogP) is 3.92. The number of ether oxygens (including phenoxy) is 2. The third-order valence-electron chi connectivity index (χ3n) is 4.17. The molecule has 0 aliphatic heterocycles. The van der Waals surface area contributed by atoms with Crippen LogP contribution in [0.3, 0.4) is 0 Å². The van der Waals surface area contributed by atoms with Crippen LogP contribution in [-0.2, 0) is 6.54 Å². The van der Waals surface area contributed by atoms with Gasteiger partial charge in [0.2, 0.25) is 0 Å². The summed E-state index contributed by atoms with van der Waals surface area (Å²) in [6.45, 7) is 3.43. The molecule has 0 saturated heterocycles. The van der Waals surface area contributed by atoms with Crippen molar-refractivity contribution >= 4 is 29.9 Å². The van der Waals surface area contributed by atoms with E-state index in [0.29, 0.717) is 29.9 Å². The average molecular weight is 469 g/mol. The van der Waals surface area contributed by atoms with Gasteiger partial charge in [-0.05, 0) is 29.7 Å². The Labute approximate surface area is 173 Å². The van der Waals surface area contributed by atoms with Gasteiger partial charge in [0.1, 0.15) is 0 Å².